The van der Waals surface area contributed by atoms with Crippen LogP contribution in [-0.2, 0) is 26.1 Å². The number of sulfone groups is 1. The van der Waals surface area contributed by atoms with E-state index in [-0.39, 0.29) is 23.3 Å². The zero-order valence-corrected chi connectivity index (χ0v) is 15.1. The number of rotatable bonds is 3. The summed E-state index contributed by atoms with van der Waals surface area (Å²) < 4.78 is 25.5. The summed E-state index contributed by atoms with van der Waals surface area (Å²) >= 11 is 6.07. The van der Waals surface area contributed by atoms with E-state index >= 15 is 0 Å². The van der Waals surface area contributed by atoms with E-state index in [1.165, 1.54) is 0 Å². The van der Waals surface area contributed by atoms with Crippen molar-refractivity contribution in [1.82, 2.24) is 9.78 Å². The van der Waals surface area contributed by atoms with Crippen molar-refractivity contribution < 1.29 is 13.2 Å². The molecular formula is C17H18ClN3O3S. The van der Waals surface area contributed by atoms with Crippen LogP contribution in [0.15, 0.2) is 24.3 Å². The van der Waals surface area contributed by atoms with Crippen LogP contribution in [0.3, 0.4) is 0 Å². The van der Waals surface area contributed by atoms with Crippen molar-refractivity contribution in [2.75, 3.05) is 5.32 Å². The van der Waals surface area contributed by atoms with Crippen LogP contribution in [-0.4, -0.2) is 24.1 Å². The SMILES string of the molecule is O=C(Nc1c2c(nn1-c1cccc(Cl)c1)CS(=O)(=O)C2)C1CCCC1. The van der Waals surface area contributed by atoms with Gasteiger partial charge in [-0.15, -0.1) is 0 Å². The van der Waals surface area contributed by atoms with Gasteiger partial charge in [0.25, 0.3) is 0 Å². The first-order chi connectivity index (χ1) is 11.9. The minimum atomic E-state index is -3.20. The summed E-state index contributed by atoms with van der Waals surface area (Å²) in [6.07, 6.45) is 3.85. The summed E-state index contributed by atoms with van der Waals surface area (Å²) in [6, 6.07) is 7.12. The highest BCUT2D eigenvalue weighted by Gasteiger charge is 2.34. The van der Waals surface area contributed by atoms with Gasteiger partial charge in [-0.05, 0) is 31.0 Å². The van der Waals surface area contributed by atoms with Gasteiger partial charge in [-0.25, -0.2) is 13.1 Å². The van der Waals surface area contributed by atoms with E-state index in [9.17, 15) is 13.2 Å². The van der Waals surface area contributed by atoms with Crippen molar-refractivity contribution >= 4 is 33.2 Å². The number of carbonyl (C=O) groups excluding carboxylic acids is 1. The molecule has 1 aliphatic heterocycles. The molecule has 0 saturated heterocycles. The standard InChI is InChI=1S/C17H18ClN3O3S/c18-12-6-3-7-13(8-12)21-16(19-17(22)11-4-1-2-5-11)14-9-25(23,24)10-15(14)20-21/h3,6-8,11H,1-2,4-5,9-10H2,(H,19,22). The number of hydrogen-bond donors (Lipinski definition) is 1. The number of anilines is 1. The Morgan fingerprint density at radius 1 is 1.24 bits per heavy atom. The maximum atomic E-state index is 12.6. The van der Waals surface area contributed by atoms with Crippen LogP contribution >= 0.6 is 11.6 Å². The Balaban J connectivity index is 1.76. The Morgan fingerprint density at radius 2 is 2.00 bits per heavy atom. The Kier molecular flexibility index (Phi) is 4.08. The van der Waals surface area contributed by atoms with Gasteiger partial charge in [0.1, 0.15) is 5.82 Å². The third-order valence-electron chi connectivity index (χ3n) is 4.81. The molecule has 0 atom stereocenters. The van der Waals surface area contributed by atoms with Crippen molar-refractivity contribution in [2.45, 2.75) is 37.2 Å². The first kappa shape index (κ1) is 16.6. The predicted octanol–water partition coefficient (Wildman–Crippen LogP) is 3.08. The van der Waals surface area contributed by atoms with Gasteiger partial charge in [-0.1, -0.05) is 30.5 Å². The molecule has 2 aliphatic rings. The van der Waals surface area contributed by atoms with Gasteiger partial charge >= 0.3 is 0 Å². The van der Waals surface area contributed by atoms with Crippen molar-refractivity contribution in [1.29, 1.82) is 0 Å². The third-order valence-corrected chi connectivity index (χ3v) is 6.48. The largest absolute Gasteiger partial charge is 0.310 e. The molecule has 1 fully saturated rings. The van der Waals surface area contributed by atoms with Gasteiger partial charge in [0.05, 0.1) is 22.9 Å². The molecule has 1 aliphatic carbocycles. The van der Waals surface area contributed by atoms with Crippen molar-refractivity contribution in [3.63, 3.8) is 0 Å². The van der Waals surface area contributed by atoms with E-state index in [0.29, 0.717) is 27.8 Å². The molecule has 2 heterocycles. The van der Waals surface area contributed by atoms with Crippen molar-refractivity contribution in [2.24, 2.45) is 5.92 Å². The molecule has 0 spiro atoms. The third kappa shape index (κ3) is 3.18. The predicted molar refractivity (Wildman–Crippen MR) is 95.5 cm³/mol. The van der Waals surface area contributed by atoms with Crippen LogP contribution in [0.25, 0.3) is 5.69 Å². The van der Waals surface area contributed by atoms with Crippen LogP contribution in [0.2, 0.25) is 5.02 Å². The highest BCUT2D eigenvalue weighted by atomic mass is 35.5. The van der Waals surface area contributed by atoms with Crippen LogP contribution in [0, 0.1) is 5.92 Å². The average molecular weight is 380 g/mol. The Hall–Kier alpha value is -1.86. The van der Waals surface area contributed by atoms with Gasteiger partial charge in [0.15, 0.2) is 9.84 Å². The topological polar surface area (TPSA) is 81.1 Å². The number of nitrogens with one attached hydrogen (secondary N) is 1. The number of fused-ring (bicyclic) bond motifs is 1. The van der Waals surface area contributed by atoms with E-state index in [4.69, 9.17) is 11.6 Å². The fraction of sp³-hybridized carbons (Fsp3) is 0.412. The lowest BCUT2D eigenvalue weighted by Crippen LogP contribution is -2.23. The number of halogens is 1. The number of benzene rings is 1. The number of amides is 1. The monoisotopic (exact) mass is 379 g/mol. The molecule has 1 aromatic heterocycles. The number of aromatic nitrogens is 2. The highest BCUT2D eigenvalue weighted by molar-refractivity contribution is 7.90. The zero-order chi connectivity index (χ0) is 17.6. The molecule has 0 radical (unpaired) electrons. The first-order valence-corrected chi connectivity index (χ1v) is 10.5. The summed E-state index contributed by atoms with van der Waals surface area (Å²) in [5.41, 5.74) is 1.79. The molecule has 1 N–H and O–H groups in total. The fourth-order valence-corrected chi connectivity index (χ4v) is 5.25. The van der Waals surface area contributed by atoms with Gasteiger partial charge < -0.3 is 5.32 Å². The number of nitrogens with zero attached hydrogens (tertiary/aromatic N) is 2. The maximum Gasteiger partial charge on any atom is 0.228 e. The van der Waals surface area contributed by atoms with E-state index in [1.54, 1.807) is 22.9 Å². The molecule has 25 heavy (non-hydrogen) atoms. The van der Waals surface area contributed by atoms with Crippen molar-refractivity contribution in [3.05, 3.63) is 40.5 Å². The normalized spacial score (nSPS) is 19.1. The highest BCUT2D eigenvalue weighted by Crippen LogP contribution is 2.34. The van der Waals surface area contributed by atoms with Crippen LogP contribution in [0.5, 0.6) is 0 Å². The van der Waals surface area contributed by atoms with Crippen LogP contribution < -0.4 is 5.32 Å². The summed E-state index contributed by atoms with van der Waals surface area (Å²) in [4.78, 5) is 12.6. The summed E-state index contributed by atoms with van der Waals surface area (Å²) in [5, 5.41) is 7.93. The molecular weight excluding hydrogens is 362 g/mol. The van der Waals surface area contributed by atoms with Gasteiger partial charge in [0, 0.05) is 16.5 Å². The summed E-state index contributed by atoms with van der Waals surface area (Å²) in [7, 11) is -3.20. The number of hydrogen-bond acceptors (Lipinski definition) is 4. The molecule has 0 bridgehead atoms. The van der Waals surface area contributed by atoms with Gasteiger partial charge in [0.2, 0.25) is 5.91 Å². The smallest absolute Gasteiger partial charge is 0.228 e. The average Bonchev–Trinajstić information content (AvgIpc) is 3.23. The minimum Gasteiger partial charge on any atom is -0.310 e. The molecule has 1 saturated carbocycles. The first-order valence-electron chi connectivity index (χ1n) is 8.31. The lowest BCUT2D eigenvalue weighted by atomic mass is 10.1. The molecule has 6 nitrogen and oxygen atoms in total. The Morgan fingerprint density at radius 3 is 2.72 bits per heavy atom. The number of carbonyl (C=O) groups is 1. The maximum absolute atomic E-state index is 12.6. The van der Waals surface area contributed by atoms with E-state index in [0.717, 1.165) is 25.7 Å². The molecule has 132 valence electrons. The molecule has 8 heteroatoms. The summed E-state index contributed by atoms with van der Waals surface area (Å²) in [5.74, 6) is 0.185. The van der Waals surface area contributed by atoms with E-state index in [2.05, 4.69) is 10.4 Å². The second kappa shape index (κ2) is 6.14. The second-order valence-electron chi connectivity index (χ2n) is 6.67. The second-order valence-corrected chi connectivity index (χ2v) is 9.17. The minimum absolute atomic E-state index is 0.0172. The fourth-order valence-electron chi connectivity index (χ4n) is 3.57. The van der Waals surface area contributed by atoms with Crippen LogP contribution in [0.4, 0.5) is 5.82 Å². The van der Waals surface area contributed by atoms with Crippen molar-refractivity contribution in [3.8, 4) is 5.69 Å². The molecule has 2 aromatic rings. The molecule has 1 amide bonds. The van der Waals surface area contributed by atoms with E-state index < -0.39 is 9.84 Å². The lowest BCUT2D eigenvalue weighted by molar-refractivity contribution is -0.119. The Bertz CT molecular complexity index is 946. The molecule has 0 unspecified atom stereocenters. The molecule has 1 aromatic carbocycles. The molecule has 4 rings (SSSR count). The van der Waals surface area contributed by atoms with Crippen LogP contribution in [0.1, 0.15) is 36.9 Å². The lowest BCUT2D eigenvalue weighted by Gasteiger charge is -2.14. The van der Waals surface area contributed by atoms with Gasteiger partial charge in [-0.2, -0.15) is 5.10 Å². The summed E-state index contributed by atoms with van der Waals surface area (Å²) in [6.45, 7) is 0. The van der Waals surface area contributed by atoms with E-state index in [1.807, 2.05) is 6.07 Å². The zero-order valence-electron chi connectivity index (χ0n) is 13.5. The Labute approximate surface area is 151 Å². The quantitative estimate of drug-likeness (QED) is 0.888. The van der Waals surface area contributed by atoms with Gasteiger partial charge in [-0.3, -0.25) is 4.79 Å².